The maximum absolute atomic E-state index is 13.3. The predicted octanol–water partition coefficient (Wildman–Crippen LogP) is 3.23. The fourth-order valence-electron chi connectivity index (χ4n) is 3.32. The van der Waals surface area contributed by atoms with Crippen molar-refractivity contribution >= 4 is 15.7 Å². The monoisotopic (exact) mass is 397 g/mol. The molecule has 1 saturated heterocycles. The topological polar surface area (TPSA) is 66.7 Å². The molecule has 3 aromatic rings. The van der Waals surface area contributed by atoms with Gasteiger partial charge in [-0.25, -0.2) is 8.42 Å². The summed E-state index contributed by atoms with van der Waals surface area (Å²) in [5, 5.41) is -0.0125. The molecule has 0 spiro atoms. The summed E-state index contributed by atoms with van der Waals surface area (Å²) in [4.78, 5) is 8.88. The minimum absolute atomic E-state index is 0.0125. The van der Waals surface area contributed by atoms with Crippen molar-refractivity contribution in [3.8, 4) is 11.5 Å². The molecule has 28 heavy (non-hydrogen) atoms. The fourth-order valence-corrected chi connectivity index (χ4v) is 4.66. The first-order chi connectivity index (χ1) is 13.5. The van der Waals surface area contributed by atoms with Gasteiger partial charge in [0.1, 0.15) is 0 Å². The predicted molar refractivity (Wildman–Crippen MR) is 108 cm³/mol. The molecule has 0 bridgehead atoms. The lowest BCUT2D eigenvalue weighted by atomic mass is 10.1. The van der Waals surface area contributed by atoms with E-state index in [1.807, 2.05) is 36.1 Å². The molecule has 2 aromatic carbocycles. The Morgan fingerprint density at radius 2 is 1.57 bits per heavy atom. The second-order valence-corrected chi connectivity index (χ2v) is 8.92. The molecule has 0 aliphatic carbocycles. The Kier molecular flexibility index (Phi) is 4.95. The van der Waals surface area contributed by atoms with Crippen molar-refractivity contribution in [3.63, 3.8) is 0 Å². The molecule has 1 fully saturated rings. The third-order valence-electron chi connectivity index (χ3n) is 5.05. The quantitative estimate of drug-likeness (QED) is 0.673. The zero-order valence-corrected chi connectivity index (χ0v) is 16.8. The highest BCUT2D eigenvalue weighted by molar-refractivity contribution is 7.91. The fraction of sp³-hybridized carbons (Fsp3) is 0.286. The van der Waals surface area contributed by atoms with Crippen molar-refractivity contribution < 1.29 is 12.8 Å². The molecule has 1 aromatic heterocycles. The Morgan fingerprint density at radius 3 is 2.25 bits per heavy atom. The van der Waals surface area contributed by atoms with Crippen LogP contribution in [0.25, 0.3) is 11.5 Å². The van der Waals surface area contributed by atoms with E-state index in [2.05, 4.69) is 16.9 Å². The number of aromatic nitrogens is 1. The standard InChI is InChI=1S/C21H23N3O3S/c1-16-8-6-7-11-18(16)19-22-20(28(25,26)17-9-4-3-5-10-17)21(27-19)24-14-12-23(2)13-15-24/h3-11H,12-15H2,1-2H3. The van der Waals surface area contributed by atoms with Crippen molar-refractivity contribution in [2.75, 3.05) is 38.1 Å². The average Bonchev–Trinajstić information content (AvgIpc) is 3.15. The molecule has 1 aliphatic heterocycles. The largest absolute Gasteiger partial charge is 0.419 e. The van der Waals surface area contributed by atoms with Gasteiger partial charge in [-0.2, -0.15) is 4.98 Å². The van der Waals surface area contributed by atoms with Crippen LogP contribution in [0.1, 0.15) is 5.56 Å². The van der Waals surface area contributed by atoms with Crippen LogP contribution < -0.4 is 4.90 Å². The highest BCUT2D eigenvalue weighted by atomic mass is 32.2. The zero-order chi connectivity index (χ0) is 19.7. The zero-order valence-electron chi connectivity index (χ0n) is 16.0. The van der Waals surface area contributed by atoms with Gasteiger partial charge >= 0.3 is 0 Å². The van der Waals surface area contributed by atoms with E-state index in [0.717, 1.165) is 24.2 Å². The van der Waals surface area contributed by atoms with Crippen LogP contribution in [0.3, 0.4) is 0 Å². The molecule has 0 radical (unpaired) electrons. The minimum atomic E-state index is -3.79. The second kappa shape index (κ2) is 7.41. The van der Waals surface area contributed by atoms with Gasteiger partial charge in [0.15, 0.2) is 0 Å². The van der Waals surface area contributed by atoms with Gasteiger partial charge in [0.05, 0.1) is 4.90 Å². The summed E-state index contributed by atoms with van der Waals surface area (Å²) in [6.45, 7) is 5.02. The van der Waals surface area contributed by atoms with Crippen LogP contribution in [-0.4, -0.2) is 51.5 Å². The Bertz CT molecular complexity index is 1070. The van der Waals surface area contributed by atoms with Gasteiger partial charge < -0.3 is 14.2 Å². The Hall–Kier alpha value is -2.64. The summed E-state index contributed by atoms with van der Waals surface area (Å²) >= 11 is 0. The first-order valence-electron chi connectivity index (χ1n) is 9.27. The molecule has 7 heteroatoms. The molecule has 4 rings (SSSR count). The van der Waals surface area contributed by atoms with E-state index in [9.17, 15) is 8.42 Å². The van der Waals surface area contributed by atoms with Gasteiger partial charge in [-0.1, -0.05) is 36.4 Å². The summed E-state index contributed by atoms with van der Waals surface area (Å²) in [6.07, 6.45) is 0. The summed E-state index contributed by atoms with van der Waals surface area (Å²) < 4.78 is 32.7. The van der Waals surface area contributed by atoms with Gasteiger partial charge in [0.25, 0.3) is 0 Å². The van der Waals surface area contributed by atoms with Crippen LogP contribution in [0.5, 0.6) is 0 Å². The third kappa shape index (κ3) is 3.43. The highest BCUT2D eigenvalue weighted by Crippen LogP contribution is 2.35. The number of sulfone groups is 1. The smallest absolute Gasteiger partial charge is 0.236 e. The second-order valence-electron chi connectivity index (χ2n) is 7.05. The van der Waals surface area contributed by atoms with E-state index in [-0.39, 0.29) is 9.92 Å². The Labute approximate surface area is 165 Å². The van der Waals surface area contributed by atoms with Crippen molar-refractivity contribution in [1.82, 2.24) is 9.88 Å². The van der Waals surface area contributed by atoms with E-state index in [1.54, 1.807) is 30.3 Å². The number of oxazole rings is 1. The average molecular weight is 398 g/mol. The van der Waals surface area contributed by atoms with Crippen LogP contribution in [0.2, 0.25) is 0 Å². The molecule has 0 unspecified atom stereocenters. The Morgan fingerprint density at radius 1 is 0.929 bits per heavy atom. The SMILES string of the molecule is Cc1ccccc1-c1nc(S(=O)(=O)c2ccccc2)c(N2CCN(C)CC2)o1. The number of hydrogen-bond acceptors (Lipinski definition) is 6. The van der Waals surface area contributed by atoms with Crippen LogP contribution in [0.15, 0.2) is 68.9 Å². The minimum Gasteiger partial charge on any atom is -0.419 e. The number of piperazine rings is 1. The van der Waals surface area contributed by atoms with E-state index < -0.39 is 9.84 Å². The normalized spacial score (nSPS) is 15.7. The molecule has 0 N–H and O–H groups in total. The van der Waals surface area contributed by atoms with E-state index >= 15 is 0 Å². The summed E-state index contributed by atoms with van der Waals surface area (Å²) in [6, 6.07) is 16.1. The number of benzene rings is 2. The molecule has 1 aliphatic rings. The lowest BCUT2D eigenvalue weighted by Gasteiger charge is -2.32. The van der Waals surface area contributed by atoms with E-state index in [1.165, 1.54) is 0 Å². The maximum atomic E-state index is 13.3. The molecule has 0 amide bonds. The highest BCUT2D eigenvalue weighted by Gasteiger charge is 2.32. The molecular weight excluding hydrogens is 374 g/mol. The summed E-state index contributed by atoms with van der Waals surface area (Å²) in [7, 11) is -1.74. The molecule has 6 nitrogen and oxygen atoms in total. The molecular formula is C21H23N3O3S. The summed E-state index contributed by atoms with van der Waals surface area (Å²) in [5.74, 6) is 0.664. The van der Waals surface area contributed by atoms with Gasteiger partial charge in [0.2, 0.25) is 26.6 Å². The molecule has 2 heterocycles. The van der Waals surface area contributed by atoms with Crippen LogP contribution in [0.4, 0.5) is 5.88 Å². The van der Waals surface area contributed by atoms with Gasteiger partial charge in [-0.05, 0) is 37.7 Å². The van der Waals surface area contributed by atoms with Crippen LogP contribution in [0, 0.1) is 6.92 Å². The van der Waals surface area contributed by atoms with Crippen LogP contribution in [-0.2, 0) is 9.84 Å². The van der Waals surface area contributed by atoms with Crippen molar-refractivity contribution in [2.45, 2.75) is 16.8 Å². The number of hydrogen-bond donors (Lipinski definition) is 0. The molecule has 0 atom stereocenters. The van der Waals surface area contributed by atoms with Crippen molar-refractivity contribution in [3.05, 3.63) is 60.2 Å². The van der Waals surface area contributed by atoms with E-state index in [0.29, 0.717) is 24.9 Å². The van der Waals surface area contributed by atoms with Crippen LogP contribution >= 0.6 is 0 Å². The van der Waals surface area contributed by atoms with Gasteiger partial charge in [0, 0.05) is 31.7 Å². The first-order valence-corrected chi connectivity index (χ1v) is 10.8. The maximum Gasteiger partial charge on any atom is 0.236 e. The van der Waals surface area contributed by atoms with E-state index in [4.69, 9.17) is 4.42 Å². The number of rotatable bonds is 4. The number of likely N-dealkylation sites (N-methyl/N-ethyl adjacent to an activating group) is 1. The summed E-state index contributed by atoms with van der Waals surface area (Å²) in [5.41, 5.74) is 1.78. The number of aryl methyl sites for hydroxylation is 1. The van der Waals surface area contributed by atoms with Crippen molar-refractivity contribution in [1.29, 1.82) is 0 Å². The first kappa shape index (κ1) is 18.7. The number of anilines is 1. The van der Waals surface area contributed by atoms with Gasteiger partial charge in [-0.3, -0.25) is 0 Å². The molecule has 146 valence electrons. The van der Waals surface area contributed by atoms with Crippen molar-refractivity contribution in [2.24, 2.45) is 0 Å². The Balaban J connectivity index is 1.85. The number of nitrogens with zero attached hydrogens (tertiary/aromatic N) is 3. The third-order valence-corrected chi connectivity index (χ3v) is 6.72. The molecule has 0 saturated carbocycles. The lowest BCUT2D eigenvalue weighted by Crippen LogP contribution is -2.44. The lowest BCUT2D eigenvalue weighted by molar-refractivity contribution is 0.305. The van der Waals surface area contributed by atoms with Gasteiger partial charge in [-0.15, -0.1) is 0 Å².